The second-order valence-electron chi connectivity index (χ2n) is 30.9. The fourth-order valence-electron chi connectivity index (χ4n) is 13.9. The first-order chi connectivity index (χ1) is 50.6. The first-order valence-corrected chi connectivity index (χ1v) is 37.8. The number of amides is 12. The maximum absolute atomic E-state index is 15.7. The molecule has 4 aromatic carbocycles. The molecule has 25 nitrogen and oxygen atoms in total. The zero-order valence-corrected chi connectivity index (χ0v) is 65.7. The number of nitrogens with one attached hydrogen (secondary N) is 4. The number of piperidine rings is 1. The van der Waals surface area contributed by atoms with Crippen molar-refractivity contribution in [1.29, 1.82) is 0 Å². The number of aliphatic hydroxyl groups excluding tert-OH is 1. The average molecular weight is 1480 g/mol. The molecular formula is C82H118N12O13. The molecule has 2 aliphatic heterocycles. The van der Waals surface area contributed by atoms with Gasteiger partial charge in [-0.3, -0.25) is 57.5 Å². The lowest BCUT2D eigenvalue weighted by Crippen LogP contribution is -2.62. The van der Waals surface area contributed by atoms with Gasteiger partial charge in [0.1, 0.15) is 60.4 Å². The Bertz CT molecular complexity index is 3630. The largest absolute Gasteiger partial charge is 0.391 e. The van der Waals surface area contributed by atoms with Gasteiger partial charge in [-0.15, -0.1) is 0 Å². The third-order valence-electron chi connectivity index (χ3n) is 20.3. The highest BCUT2D eigenvalue weighted by Crippen LogP contribution is 2.25. The summed E-state index contributed by atoms with van der Waals surface area (Å²) in [5.41, 5.74) is 2.56. The Morgan fingerprint density at radius 2 is 0.701 bits per heavy atom. The summed E-state index contributed by atoms with van der Waals surface area (Å²) in [5, 5.41) is 23.0. The van der Waals surface area contributed by atoms with Crippen LogP contribution in [0.4, 0.5) is 0 Å². The Morgan fingerprint density at radius 3 is 1.09 bits per heavy atom. The third kappa shape index (κ3) is 24.8. The first-order valence-electron chi connectivity index (χ1n) is 37.8. The quantitative estimate of drug-likeness (QED) is 0.0846. The van der Waals surface area contributed by atoms with Crippen molar-refractivity contribution in [2.75, 3.05) is 69.0 Å². The molecule has 5 N–H and O–H groups in total. The molecule has 6 rings (SSSR count). The van der Waals surface area contributed by atoms with Gasteiger partial charge in [0.2, 0.25) is 70.9 Å². The van der Waals surface area contributed by atoms with E-state index in [4.69, 9.17) is 0 Å². The zero-order chi connectivity index (χ0) is 79.1. The Kier molecular flexibility index (Phi) is 33.1. The summed E-state index contributed by atoms with van der Waals surface area (Å²) in [6.07, 6.45) is -0.0154. The lowest BCUT2D eigenvalue weighted by Gasteiger charge is -2.38. The van der Waals surface area contributed by atoms with Crippen LogP contribution in [0.5, 0.6) is 0 Å². The van der Waals surface area contributed by atoms with Crippen LogP contribution in [-0.2, 0) is 83.2 Å². The van der Waals surface area contributed by atoms with Crippen molar-refractivity contribution in [3.05, 3.63) is 144 Å². The van der Waals surface area contributed by atoms with Crippen molar-refractivity contribution in [2.45, 2.75) is 206 Å². The number of hydrogen-bond donors (Lipinski definition) is 5. The van der Waals surface area contributed by atoms with Gasteiger partial charge in [0.25, 0.3) is 0 Å². The highest BCUT2D eigenvalue weighted by atomic mass is 16.3. The van der Waals surface area contributed by atoms with Gasteiger partial charge in [0.15, 0.2) is 0 Å². The summed E-state index contributed by atoms with van der Waals surface area (Å²) < 4.78 is 0. The molecule has 4 aromatic rings. The number of likely N-dealkylation sites (N-methyl/N-ethyl adjacent to an activating group) is 7. The summed E-state index contributed by atoms with van der Waals surface area (Å²) in [4.78, 5) is 193. The van der Waals surface area contributed by atoms with Crippen LogP contribution in [0.25, 0.3) is 0 Å². The monoisotopic (exact) mass is 1480 g/mol. The van der Waals surface area contributed by atoms with Crippen LogP contribution < -0.4 is 21.3 Å². The maximum atomic E-state index is 15.7. The normalized spacial score (nSPS) is 24.1. The van der Waals surface area contributed by atoms with Crippen LogP contribution in [0, 0.1) is 23.7 Å². The maximum Gasteiger partial charge on any atom is 0.248 e. The van der Waals surface area contributed by atoms with E-state index in [1.807, 2.05) is 61.5 Å². The summed E-state index contributed by atoms with van der Waals surface area (Å²) in [6, 6.07) is 21.9. The van der Waals surface area contributed by atoms with E-state index in [9.17, 15) is 19.5 Å². The number of aliphatic hydroxyl groups is 1. The summed E-state index contributed by atoms with van der Waals surface area (Å²) in [7, 11) is 9.88. The van der Waals surface area contributed by atoms with Crippen LogP contribution in [0.2, 0.25) is 0 Å². The van der Waals surface area contributed by atoms with Crippen molar-refractivity contribution < 1.29 is 62.6 Å². The minimum absolute atomic E-state index is 0.0449. The number of nitrogens with zero attached hydrogens (tertiary/aromatic N) is 8. The molecule has 2 heterocycles. The number of rotatable bonds is 18. The van der Waals surface area contributed by atoms with Crippen LogP contribution in [0.15, 0.2) is 121 Å². The Balaban J connectivity index is 1.54. The van der Waals surface area contributed by atoms with E-state index < -0.39 is 150 Å². The minimum Gasteiger partial charge on any atom is -0.391 e. The smallest absolute Gasteiger partial charge is 0.248 e. The zero-order valence-electron chi connectivity index (χ0n) is 65.7. The van der Waals surface area contributed by atoms with Gasteiger partial charge in [-0.05, 0) is 97.8 Å². The van der Waals surface area contributed by atoms with E-state index in [1.165, 1.54) is 80.8 Å². The van der Waals surface area contributed by atoms with E-state index in [1.54, 1.807) is 120 Å². The highest BCUT2D eigenvalue weighted by molar-refractivity contribution is 6.00. The van der Waals surface area contributed by atoms with Crippen molar-refractivity contribution in [1.82, 2.24) is 60.5 Å². The Hall–Kier alpha value is -9.52. The number of benzene rings is 4. The number of hydrogen-bond acceptors (Lipinski definition) is 13. The number of carbonyl (C=O) groups is 12. The molecule has 0 aliphatic carbocycles. The molecule has 0 bridgehead atoms. The van der Waals surface area contributed by atoms with Crippen LogP contribution in [0.3, 0.4) is 0 Å². The number of carbonyl (C=O) groups excluding carboxylic acids is 12. The molecule has 2 fully saturated rings. The van der Waals surface area contributed by atoms with Gasteiger partial charge in [-0.1, -0.05) is 177 Å². The van der Waals surface area contributed by atoms with E-state index in [0.717, 1.165) is 16.2 Å². The van der Waals surface area contributed by atoms with Crippen LogP contribution in [0.1, 0.15) is 136 Å². The second-order valence-corrected chi connectivity index (χ2v) is 30.9. The van der Waals surface area contributed by atoms with Gasteiger partial charge in [0.05, 0.1) is 19.1 Å². The molecule has 11 atom stereocenters. The van der Waals surface area contributed by atoms with Gasteiger partial charge in [-0.25, -0.2) is 0 Å². The molecule has 0 unspecified atom stereocenters. The van der Waals surface area contributed by atoms with Crippen LogP contribution in [-0.4, -0.2) is 251 Å². The predicted octanol–water partition coefficient (Wildman–Crippen LogP) is 5.30. The lowest BCUT2D eigenvalue weighted by atomic mass is 9.96. The minimum atomic E-state index is -1.71. The third-order valence-corrected chi connectivity index (χ3v) is 20.3. The molecule has 584 valence electrons. The standard InChI is InChI=1S/C82H118N12O13/c1-52(2)42-61-77(102)92(15)68(45-55(7)8)80(105)90(13)66(47-58-34-24-18-25-35-58)75(100)84-62(43-53(3)4)78(103)93(16)69(49-60-38-28-20-29-39-60)81(106)91(14)67(48-59-36-26-19-27-37-59)76(101)86-72(56(9)95)82(107)87(10)51-71(97)89(12)64(44-54(5)6)73(98)85-63(79(104)94-40-30-21-31-41-94)50-70(96)88(11)65(74(99)83-61)46-57-32-22-17-23-33-57/h17-20,22-29,32-39,52-56,61-69,72,95H,21,30-31,40-51H2,1-16H3,(H,83,99)(H,84,100)(H,85,98)(H,86,101)/t56-,61+,62+,63+,64+,65+,66+,67+,68+,69+,72+/m1/s1. The molecule has 0 aromatic heterocycles. The van der Waals surface area contributed by atoms with E-state index in [0.29, 0.717) is 48.2 Å². The van der Waals surface area contributed by atoms with Crippen molar-refractivity contribution in [3.63, 3.8) is 0 Å². The van der Waals surface area contributed by atoms with E-state index in [2.05, 4.69) is 21.3 Å². The molecule has 25 heteroatoms. The molecule has 2 aliphatic rings. The number of likely N-dealkylation sites (tertiary alicyclic amines) is 1. The average Bonchev–Trinajstić information content (AvgIpc) is 0.813. The lowest BCUT2D eigenvalue weighted by molar-refractivity contribution is -0.151. The van der Waals surface area contributed by atoms with E-state index >= 15 is 43.2 Å². The SMILES string of the molecule is CC(C)C[C@@H]1NC(=O)[C@H](Cc2ccccc2)N(C)C(=O)C[C@@H](C(=O)N2CCCCC2)NC(=O)[C@H](CC(C)C)N(C)C(=O)CN(C)C(=O)[C@H]([C@@H](C)O)NC(=O)[C@H](Cc2ccccc2)N(C)C(=O)[C@H](Cc2ccccc2)N(C)C(=O)[C@H](CC(C)C)NC(=O)[C@H](Cc2ccccc2)N(C)C(=O)[C@H](CC(C)C)N(C)C1=O. The van der Waals surface area contributed by atoms with Crippen molar-refractivity contribution in [2.24, 2.45) is 23.7 Å². The topological polar surface area (TPSA) is 299 Å². The molecule has 0 radical (unpaired) electrons. The van der Waals surface area contributed by atoms with Gasteiger partial charge >= 0.3 is 0 Å². The second kappa shape index (κ2) is 41.0. The van der Waals surface area contributed by atoms with Gasteiger partial charge in [-0.2, -0.15) is 0 Å². The fraction of sp³-hybridized carbons (Fsp3) is 0.561. The summed E-state index contributed by atoms with van der Waals surface area (Å²) in [5.74, 6) is -9.54. The van der Waals surface area contributed by atoms with Gasteiger partial charge < -0.3 is 65.6 Å². The van der Waals surface area contributed by atoms with Crippen molar-refractivity contribution >= 4 is 70.9 Å². The van der Waals surface area contributed by atoms with Crippen LogP contribution >= 0.6 is 0 Å². The fourth-order valence-corrected chi connectivity index (χ4v) is 13.9. The molecule has 107 heavy (non-hydrogen) atoms. The highest BCUT2D eigenvalue weighted by Gasteiger charge is 2.44. The molecule has 2 saturated heterocycles. The van der Waals surface area contributed by atoms with E-state index in [-0.39, 0.29) is 75.0 Å². The Morgan fingerprint density at radius 1 is 0.374 bits per heavy atom. The molecule has 0 saturated carbocycles. The first kappa shape index (κ1) is 86.4. The summed E-state index contributed by atoms with van der Waals surface area (Å²) in [6.45, 7) is 16.2. The molecule has 0 spiro atoms. The Labute approximate surface area is 633 Å². The van der Waals surface area contributed by atoms with Crippen molar-refractivity contribution in [3.8, 4) is 0 Å². The summed E-state index contributed by atoms with van der Waals surface area (Å²) >= 11 is 0. The molecular weight excluding hydrogens is 1360 g/mol. The predicted molar refractivity (Wildman–Crippen MR) is 410 cm³/mol. The molecule has 12 amide bonds. The van der Waals surface area contributed by atoms with Gasteiger partial charge in [0, 0.05) is 88.1 Å².